The van der Waals surface area contributed by atoms with Gasteiger partial charge in [-0.25, -0.2) is 10.3 Å². The Morgan fingerprint density at radius 2 is 1.64 bits per heavy atom. The summed E-state index contributed by atoms with van der Waals surface area (Å²) >= 11 is 0. The summed E-state index contributed by atoms with van der Waals surface area (Å²) in [7, 11) is 3.46. The van der Waals surface area contributed by atoms with Crippen molar-refractivity contribution in [3.8, 4) is 0 Å². The first-order valence-corrected chi connectivity index (χ1v) is 14.7. The maximum atomic E-state index is 12.7. The van der Waals surface area contributed by atoms with Crippen molar-refractivity contribution in [3.05, 3.63) is 94.5 Å². The van der Waals surface area contributed by atoms with Crippen LogP contribution in [0.1, 0.15) is 50.8 Å². The molecule has 2 amide bonds. The fraction of sp³-hybridized carbons (Fsp3) is 0.324. The number of aryl methyl sites for hydroxylation is 1. The summed E-state index contributed by atoms with van der Waals surface area (Å²) in [5.41, 5.74) is 8.65. The molecule has 0 radical (unpaired) electrons. The molecule has 10 heteroatoms. The number of hydrogen-bond acceptors (Lipinski definition) is 8. The Morgan fingerprint density at radius 3 is 2.30 bits per heavy atom. The smallest absolute Gasteiger partial charge is 0.338 e. The summed E-state index contributed by atoms with van der Waals surface area (Å²) in [6, 6.07) is 20.4. The number of carbonyl (C=O) groups excluding carboxylic acids is 3. The van der Waals surface area contributed by atoms with Gasteiger partial charge in [-0.05, 0) is 80.4 Å². The van der Waals surface area contributed by atoms with E-state index in [1.54, 1.807) is 18.2 Å². The van der Waals surface area contributed by atoms with Crippen molar-refractivity contribution in [2.45, 2.75) is 20.3 Å². The molecule has 0 unspecified atom stereocenters. The largest absolute Gasteiger partial charge is 0.465 e. The average Bonchev–Trinajstić information content (AvgIpc) is 3.05. The number of ether oxygens (including phenoxy) is 1. The van der Waals surface area contributed by atoms with Crippen LogP contribution < -0.4 is 16.1 Å². The van der Waals surface area contributed by atoms with E-state index in [4.69, 9.17) is 9.57 Å². The van der Waals surface area contributed by atoms with E-state index >= 15 is 0 Å². The van der Waals surface area contributed by atoms with Gasteiger partial charge in [0.2, 0.25) is 6.41 Å². The number of anilines is 2. The number of likely N-dealkylation sites (N-methyl/N-ethyl adjacent to an activating group) is 1. The van der Waals surface area contributed by atoms with E-state index in [1.807, 2.05) is 62.4 Å². The van der Waals surface area contributed by atoms with Crippen LogP contribution in [0, 0.1) is 6.92 Å². The lowest BCUT2D eigenvalue weighted by atomic mass is 9.95. The summed E-state index contributed by atoms with van der Waals surface area (Å²) in [6.07, 6.45) is 1.43. The van der Waals surface area contributed by atoms with Crippen LogP contribution in [-0.4, -0.2) is 81.6 Å². The highest BCUT2D eigenvalue weighted by Gasteiger charge is 2.18. The Balaban J connectivity index is 1.47. The number of rotatable bonds is 13. The standard InChI is InChI=1S/C34H41N5O5/c1-24-21-30(31(35-23-40)22-29(24)34(42)43-4)25(2)32(26-9-6-5-7-10-26)36-28-13-11-27(12-14-28)33(41)37-44-20-8-15-39-18-16-38(3)17-19-39/h5-7,9-14,21-23,36H,8,15-20H2,1-4H3,(H,35,40)(H,37,41)/b32-25+. The number of carbonyl (C=O) groups is 3. The molecule has 3 N–H and O–H groups in total. The van der Waals surface area contributed by atoms with Crippen LogP contribution in [0.15, 0.2) is 66.7 Å². The minimum absolute atomic E-state index is 0.308. The SMILES string of the molecule is COC(=O)c1cc(NC=O)c(/C(C)=C(/Nc2ccc(C(=O)NOCCCN3CCN(C)CC3)cc2)c2ccccc2)cc1C. The van der Waals surface area contributed by atoms with E-state index < -0.39 is 5.97 Å². The number of piperazine rings is 1. The van der Waals surface area contributed by atoms with Gasteiger partial charge in [0.25, 0.3) is 5.91 Å². The fourth-order valence-electron chi connectivity index (χ4n) is 5.11. The molecule has 44 heavy (non-hydrogen) atoms. The van der Waals surface area contributed by atoms with Gasteiger partial charge in [0, 0.05) is 60.9 Å². The summed E-state index contributed by atoms with van der Waals surface area (Å²) < 4.78 is 4.91. The second-order valence-electron chi connectivity index (χ2n) is 10.8. The maximum absolute atomic E-state index is 12.7. The molecule has 4 rings (SSSR count). The third-order valence-electron chi connectivity index (χ3n) is 7.72. The zero-order valence-electron chi connectivity index (χ0n) is 25.8. The zero-order valence-corrected chi connectivity index (χ0v) is 25.8. The monoisotopic (exact) mass is 599 g/mol. The van der Waals surface area contributed by atoms with Crippen molar-refractivity contribution in [2.24, 2.45) is 0 Å². The minimum Gasteiger partial charge on any atom is -0.465 e. The Bertz CT molecular complexity index is 1470. The number of benzene rings is 3. The van der Waals surface area contributed by atoms with Gasteiger partial charge in [-0.1, -0.05) is 30.3 Å². The third-order valence-corrected chi connectivity index (χ3v) is 7.72. The number of methoxy groups -OCH3 is 1. The predicted molar refractivity (Wildman–Crippen MR) is 173 cm³/mol. The molecule has 1 saturated heterocycles. The van der Waals surface area contributed by atoms with Gasteiger partial charge in [0.15, 0.2) is 0 Å². The number of nitrogens with zero attached hydrogens (tertiary/aromatic N) is 2. The van der Waals surface area contributed by atoms with Crippen LogP contribution >= 0.6 is 0 Å². The molecule has 232 valence electrons. The van der Waals surface area contributed by atoms with Crippen LogP contribution in [0.4, 0.5) is 11.4 Å². The summed E-state index contributed by atoms with van der Waals surface area (Å²) in [6.45, 7) is 9.43. The highest BCUT2D eigenvalue weighted by atomic mass is 16.6. The lowest BCUT2D eigenvalue weighted by molar-refractivity contribution is -0.105. The van der Waals surface area contributed by atoms with Crippen molar-refractivity contribution in [2.75, 3.05) is 64.1 Å². The molecule has 1 fully saturated rings. The average molecular weight is 600 g/mol. The maximum Gasteiger partial charge on any atom is 0.338 e. The molecule has 1 heterocycles. The van der Waals surface area contributed by atoms with Gasteiger partial charge in [-0.3, -0.25) is 14.4 Å². The van der Waals surface area contributed by atoms with Crippen LogP contribution in [0.5, 0.6) is 0 Å². The molecule has 0 atom stereocenters. The predicted octanol–water partition coefficient (Wildman–Crippen LogP) is 4.65. The van der Waals surface area contributed by atoms with Crippen molar-refractivity contribution in [1.82, 2.24) is 15.3 Å². The first-order valence-electron chi connectivity index (χ1n) is 14.7. The molecular weight excluding hydrogens is 558 g/mol. The van der Waals surface area contributed by atoms with E-state index in [9.17, 15) is 14.4 Å². The first kappa shape index (κ1) is 32.4. The molecule has 0 aliphatic carbocycles. The number of hydroxylamine groups is 1. The minimum atomic E-state index is -0.480. The van der Waals surface area contributed by atoms with Crippen LogP contribution in [-0.2, 0) is 14.4 Å². The Morgan fingerprint density at radius 1 is 0.932 bits per heavy atom. The highest BCUT2D eigenvalue weighted by molar-refractivity contribution is 6.01. The Hall–Kier alpha value is -4.51. The van der Waals surface area contributed by atoms with Gasteiger partial charge in [-0.2, -0.15) is 0 Å². The molecule has 0 aromatic heterocycles. The van der Waals surface area contributed by atoms with Gasteiger partial charge < -0.3 is 25.2 Å². The van der Waals surface area contributed by atoms with E-state index in [-0.39, 0.29) is 5.91 Å². The second kappa shape index (κ2) is 15.8. The summed E-state index contributed by atoms with van der Waals surface area (Å²) in [5, 5.41) is 6.22. The van der Waals surface area contributed by atoms with Crippen molar-refractivity contribution >= 4 is 40.9 Å². The van der Waals surface area contributed by atoms with E-state index in [2.05, 4.69) is 33.0 Å². The lowest BCUT2D eigenvalue weighted by Gasteiger charge is -2.32. The number of hydrogen-bond donors (Lipinski definition) is 3. The lowest BCUT2D eigenvalue weighted by Crippen LogP contribution is -2.44. The molecule has 0 bridgehead atoms. The summed E-state index contributed by atoms with van der Waals surface area (Å²) in [5.74, 6) is -0.789. The third kappa shape index (κ3) is 8.53. The highest BCUT2D eigenvalue weighted by Crippen LogP contribution is 2.34. The van der Waals surface area contributed by atoms with E-state index in [0.717, 1.165) is 67.2 Å². The molecule has 0 spiro atoms. The number of nitrogens with one attached hydrogen (secondary N) is 3. The normalized spacial score (nSPS) is 14.4. The van der Waals surface area contributed by atoms with Gasteiger partial charge >= 0.3 is 5.97 Å². The molecule has 0 saturated carbocycles. The quantitative estimate of drug-likeness (QED) is 0.0856. The van der Waals surface area contributed by atoms with Crippen LogP contribution in [0.25, 0.3) is 11.3 Å². The molecule has 3 aromatic carbocycles. The van der Waals surface area contributed by atoms with Crippen LogP contribution in [0.2, 0.25) is 0 Å². The van der Waals surface area contributed by atoms with Gasteiger partial charge in [0.05, 0.1) is 19.3 Å². The van der Waals surface area contributed by atoms with E-state index in [0.29, 0.717) is 35.4 Å². The Labute approximate surface area is 259 Å². The first-order chi connectivity index (χ1) is 21.3. The summed E-state index contributed by atoms with van der Waals surface area (Å²) in [4.78, 5) is 46.6. The second-order valence-corrected chi connectivity index (χ2v) is 10.8. The molecule has 3 aromatic rings. The molecule has 10 nitrogen and oxygen atoms in total. The molecule has 1 aliphatic heterocycles. The number of amides is 2. The molecular formula is C34H41N5O5. The zero-order chi connectivity index (χ0) is 31.5. The fourth-order valence-corrected chi connectivity index (χ4v) is 5.11. The molecule has 1 aliphatic rings. The topological polar surface area (TPSA) is 112 Å². The number of allylic oxidation sites excluding steroid dienone is 1. The number of esters is 1. The van der Waals surface area contributed by atoms with E-state index in [1.165, 1.54) is 7.11 Å². The van der Waals surface area contributed by atoms with Crippen molar-refractivity contribution < 1.29 is 24.0 Å². The van der Waals surface area contributed by atoms with Crippen molar-refractivity contribution in [3.63, 3.8) is 0 Å². The van der Waals surface area contributed by atoms with Crippen molar-refractivity contribution in [1.29, 1.82) is 0 Å². The van der Waals surface area contributed by atoms with Gasteiger partial charge in [-0.15, -0.1) is 0 Å². The van der Waals surface area contributed by atoms with Crippen LogP contribution in [0.3, 0.4) is 0 Å². The van der Waals surface area contributed by atoms with Gasteiger partial charge in [0.1, 0.15) is 0 Å². The Kier molecular flexibility index (Phi) is 11.6.